The third kappa shape index (κ3) is 6.76. The van der Waals surface area contributed by atoms with E-state index in [1.807, 2.05) is 30.9 Å². The summed E-state index contributed by atoms with van der Waals surface area (Å²) in [5.41, 5.74) is -0.797. The Bertz CT molecular complexity index is 1120. The summed E-state index contributed by atoms with van der Waals surface area (Å²) in [5, 5.41) is 6.25. The van der Waals surface area contributed by atoms with Gasteiger partial charge in [0.1, 0.15) is 6.04 Å². The van der Waals surface area contributed by atoms with Crippen molar-refractivity contribution >= 4 is 17.7 Å². The molecule has 1 saturated carbocycles. The van der Waals surface area contributed by atoms with E-state index >= 15 is 0 Å². The first-order valence-electron chi connectivity index (χ1n) is 15.6. The molecule has 2 N–H and O–H groups in total. The zero-order valence-electron chi connectivity index (χ0n) is 26.0. The van der Waals surface area contributed by atoms with Crippen molar-refractivity contribution in [1.82, 2.24) is 20.4 Å². The number of nitrogens with one attached hydrogen (secondary N) is 2. The number of hydrogen-bond acceptors (Lipinski definition) is 6. The number of piperidine rings is 1. The van der Waals surface area contributed by atoms with Gasteiger partial charge in [-0.3, -0.25) is 14.4 Å². The van der Waals surface area contributed by atoms with Gasteiger partial charge in [0.2, 0.25) is 17.7 Å². The second kappa shape index (κ2) is 11.6. The number of ether oxygens (including phenoxy) is 2. The summed E-state index contributed by atoms with van der Waals surface area (Å²) in [5.74, 6) is -2.45. The lowest BCUT2D eigenvalue weighted by Crippen LogP contribution is -2.65. The fraction of sp³-hybridized carbons (Fsp3) is 0.839. The molecule has 3 saturated heterocycles. The third-order valence-corrected chi connectivity index (χ3v) is 10.4. The summed E-state index contributed by atoms with van der Waals surface area (Å²) in [6.07, 6.45) is -0.496. The van der Waals surface area contributed by atoms with E-state index in [1.165, 1.54) is 4.90 Å². The van der Waals surface area contributed by atoms with Crippen LogP contribution in [0.1, 0.15) is 53.9 Å². The lowest BCUT2D eigenvalue weighted by Gasteiger charge is -2.51. The van der Waals surface area contributed by atoms with Crippen molar-refractivity contribution in [3.63, 3.8) is 0 Å². The summed E-state index contributed by atoms with van der Waals surface area (Å²) in [4.78, 5) is 43.8. The molecule has 4 heterocycles. The van der Waals surface area contributed by atoms with Crippen molar-refractivity contribution in [2.45, 2.75) is 78.3 Å². The summed E-state index contributed by atoms with van der Waals surface area (Å²) < 4.78 is 51.8. The van der Waals surface area contributed by atoms with Gasteiger partial charge in [0.25, 0.3) is 0 Å². The molecule has 5 rings (SSSR count). The lowest BCUT2D eigenvalue weighted by molar-refractivity contribution is -0.187. The van der Waals surface area contributed by atoms with E-state index < -0.39 is 46.9 Å². The summed E-state index contributed by atoms with van der Waals surface area (Å²) in [6, 6.07) is -1.06. The monoisotopic (exact) mass is 612 g/mol. The first-order valence-corrected chi connectivity index (χ1v) is 15.6. The Balaban J connectivity index is 1.25. The van der Waals surface area contributed by atoms with E-state index in [1.54, 1.807) is 6.92 Å². The van der Waals surface area contributed by atoms with Crippen LogP contribution in [0.5, 0.6) is 0 Å². The van der Waals surface area contributed by atoms with E-state index in [4.69, 9.17) is 9.47 Å². The number of rotatable bonds is 8. The molecular formula is C31H47F3N4O5. The number of halogens is 3. The van der Waals surface area contributed by atoms with Crippen molar-refractivity contribution in [3.05, 3.63) is 12.2 Å². The van der Waals surface area contributed by atoms with Crippen LogP contribution in [-0.2, 0) is 23.9 Å². The second-order valence-electron chi connectivity index (χ2n) is 14.7. The Morgan fingerprint density at radius 2 is 1.77 bits per heavy atom. The van der Waals surface area contributed by atoms with Crippen LogP contribution < -0.4 is 10.6 Å². The van der Waals surface area contributed by atoms with E-state index in [9.17, 15) is 27.6 Å². The van der Waals surface area contributed by atoms with Crippen LogP contribution in [0.25, 0.3) is 0 Å². The highest BCUT2D eigenvalue weighted by atomic mass is 19.4. The highest BCUT2D eigenvalue weighted by molar-refractivity contribution is 5.90. The van der Waals surface area contributed by atoms with E-state index in [0.29, 0.717) is 32.8 Å². The number of carbonyl (C=O) groups excluding carboxylic acids is 3. The number of hydrogen-bond donors (Lipinski definition) is 2. The van der Waals surface area contributed by atoms with Gasteiger partial charge in [0, 0.05) is 56.0 Å². The highest BCUT2D eigenvalue weighted by Gasteiger charge is 2.60. The van der Waals surface area contributed by atoms with Crippen LogP contribution in [0.3, 0.4) is 0 Å². The van der Waals surface area contributed by atoms with Crippen LogP contribution in [0, 0.1) is 34.0 Å². The predicted octanol–water partition coefficient (Wildman–Crippen LogP) is 2.75. The molecular weight excluding hydrogens is 565 g/mol. The minimum atomic E-state index is -4.29. The largest absolute Gasteiger partial charge is 0.391 e. The minimum Gasteiger partial charge on any atom is -0.375 e. The Kier molecular flexibility index (Phi) is 8.72. The summed E-state index contributed by atoms with van der Waals surface area (Å²) in [7, 11) is 0. The van der Waals surface area contributed by atoms with Gasteiger partial charge in [-0.05, 0) is 38.5 Å². The molecule has 5 aliphatic rings. The SMILES string of the molecule is CC1C=CC(C)(CO[C@H](C)[C@H](NC(=O)[C@@H]2CNCC23CN(C(=O)[C@H]2CC2(C)C)C3)C(=O)N2CCC(C(F)(F)F)CC2)CO1. The molecule has 0 bridgehead atoms. The number of carbonyl (C=O) groups is 3. The topological polar surface area (TPSA) is 100 Å². The van der Waals surface area contributed by atoms with Gasteiger partial charge in [0.05, 0.1) is 37.3 Å². The molecule has 0 aromatic carbocycles. The van der Waals surface area contributed by atoms with Gasteiger partial charge < -0.3 is 29.9 Å². The zero-order chi connectivity index (χ0) is 31.4. The van der Waals surface area contributed by atoms with Gasteiger partial charge in [-0.15, -0.1) is 0 Å². The first-order chi connectivity index (χ1) is 20.0. The van der Waals surface area contributed by atoms with E-state index in [-0.39, 0.29) is 61.8 Å². The average Bonchev–Trinajstić information content (AvgIpc) is 3.35. The van der Waals surface area contributed by atoms with Crippen molar-refractivity contribution in [3.8, 4) is 0 Å². The number of amides is 3. The third-order valence-electron chi connectivity index (χ3n) is 10.4. The van der Waals surface area contributed by atoms with Gasteiger partial charge in [-0.1, -0.05) is 32.9 Å². The number of alkyl halides is 3. The molecule has 4 aliphatic heterocycles. The molecule has 0 radical (unpaired) electrons. The highest BCUT2D eigenvalue weighted by Crippen LogP contribution is 2.54. The molecule has 1 aliphatic carbocycles. The Morgan fingerprint density at radius 3 is 2.33 bits per heavy atom. The molecule has 4 fully saturated rings. The normalized spacial score (nSPS) is 33.2. The van der Waals surface area contributed by atoms with Gasteiger partial charge in [-0.25, -0.2) is 0 Å². The average molecular weight is 613 g/mol. The molecule has 242 valence electrons. The van der Waals surface area contributed by atoms with Crippen LogP contribution in [0.4, 0.5) is 13.2 Å². The van der Waals surface area contributed by atoms with Crippen molar-refractivity contribution in [2.75, 3.05) is 52.5 Å². The standard InChI is InChI=1S/C31H47F3N4O5/c1-19-6-9-29(5,17-42-19)18-43-20(2)24(27(41)37-10-7-21(8-11-37)31(32,33)34)36-25(39)23-13-35-14-30(23)15-38(16-30)26(40)22-12-28(22,3)4/h6,9,19-24,35H,7-8,10-18H2,1-5H3,(H,36,39)/t19?,20-,22-,23+,24+,29?/m1/s1. The lowest BCUT2D eigenvalue weighted by atomic mass is 9.70. The van der Waals surface area contributed by atoms with Gasteiger partial charge in [-0.2, -0.15) is 13.2 Å². The molecule has 0 aromatic rings. The van der Waals surface area contributed by atoms with Crippen molar-refractivity contribution < 1.29 is 37.0 Å². The maximum Gasteiger partial charge on any atom is 0.391 e. The zero-order valence-corrected chi connectivity index (χ0v) is 26.0. The molecule has 6 atom stereocenters. The molecule has 3 amide bonds. The van der Waals surface area contributed by atoms with E-state index in [2.05, 4.69) is 24.5 Å². The maximum absolute atomic E-state index is 13.8. The Hall–Kier alpha value is -2.18. The summed E-state index contributed by atoms with van der Waals surface area (Å²) >= 11 is 0. The van der Waals surface area contributed by atoms with Crippen LogP contribution in [-0.4, -0.2) is 104 Å². The van der Waals surface area contributed by atoms with E-state index in [0.717, 1.165) is 6.42 Å². The van der Waals surface area contributed by atoms with Crippen molar-refractivity contribution in [1.29, 1.82) is 0 Å². The van der Waals surface area contributed by atoms with Crippen LogP contribution >= 0.6 is 0 Å². The quantitative estimate of drug-likeness (QED) is 0.409. The molecule has 0 aromatic heterocycles. The molecule has 9 nitrogen and oxygen atoms in total. The smallest absolute Gasteiger partial charge is 0.375 e. The fourth-order valence-electron chi connectivity index (χ4n) is 7.05. The van der Waals surface area contributed by atoms with Gasteiger partial charge in [0.15, 0.2) is 0 Å². The second-order valence-corrected chi connectivity index (χ2v) is 14.7. The molecule has 2 unspecified atom stereocenters. The molecule has 12 heteroatoms. The van der Waals surface area contributed by atoms with Gasteiger partial charge >= 0.3 is 6.18 Å². The predicted molar refractivity (Wildman–Crippen MR) is 153 cm³/mol. The number of likely N-dealkylation sites (tertiary alicyclic amines) is 2. The molecule has 1 spiro atoms. The summed E-state index contributed by atoms with van der Waals surface area (Å²) in [6.45, 7) is 12.4. The Morgan fingerprint density at radius 1 is 1.12 bits per heavy atom. The van der Waals surface area contributed by atoms with Crippen LogP contribution in [0.15, 0.2) is 12.2 Å². The molecule has 43 heavy (non-hydrogen) atoms. The fourth-order valence-corrected chi connectivity index (χ4v) is 7.05. The first kappa shape index (κ1) is 32.2. The number of nitrogens with zero attached hydrogens (tertiary/aromatic N) is 2. The Labute approximate surface area is 252 Å². The van der Waals surface area contributed by atoms with Crippen LogP contribution in [0.2, 0.25) is 0 Å². The minimum absolute atomic E-state index is 0.000399. The van der Waals surface area contributed by atoms with Crippen molar-refractivity contribution in [2.24, 2.45) is 34.0 Å². The maximum atomic E-state index is 13.8.